The van der Waals surface area contributed by atoms with Crippen LogP contribution in [-0.2, 0) is 0 Å². The van der Waals surface area contributed by atoms with Crippen molar-refractivity contribution in [3.8, 4) is 33.4 Å². The molecule has 11 aromatic rings. The lowest BCUT2D eigenvalue weighted by Gasteiger charge is -2.20. The lowest BCUT2D eigenvalue weighted by Crippen LogP contribution is -2.31. The number of benzene rings is 9. The highest BCUT2D eigenvalue weighted by Crippen LogP contribution is 2.49. The standard InChI is InChI=1S/C52H32S2/c1-2-14-31(15-3-1)48-36-19-6-8-21-38(36)49(39-22-9-7-20-37(39)48)40-27-26-34(32-16-4-5-17-33(32)40)44-30-45-41(50-43-23-11-13-25-47(43)54-52(44)50)28-29-42-35-18-10-12-24-46(35)53-51(42)45/h1-6,8,10-30H,7,9H2. The molecule has 0 bridgehead atoms. The molecule has 1 aliphatic carbocycles. The molecule has 0 fully saturated rings. The molecule has 252 valence electrons. The van der Waals surface area contributed by atoms with E-state index >= 15 is 0 Å². The summed E-state index contributed by atoms with van der Waals surface area (Å²) in [4.78, 5) is 0. The molecule has 0 atom stereocenters. The van der Waals surface area contributed by atoms with Gasteiger partial charge in [0, 0.05) is 51.3 Å². The minimum Gasteiger partial charge on any atom is -0.135 e. The van der Waals surface area contributed by atoms with E-state index in [2.05, 4.69) is 170 Å². The van der Waals surface area contributed by atoms with Crippen molar-refractivity contribution in [2.45, 2.75) is 12.8 Å². The van der Waals surface area contributed by atoms with Crippen LogP contribution in [0.25, 0.3) is 118 Å². The molecule has 0 radical (unpaired) electrons. The maximum Gasteiger partial charge on any atom is 0.0440 e. The first-order valence-electron chi connectivity index (χ1n) is 18.8. The maximum absolute atomic E-state index is 2.51. The van der Waals surface area contributed by atoms with Gasteiger partial charge in [-0.05, 0) is 96.2 Å². The maximum atomic E-state index is 2.51. The molecule has 0 nitrogen and oxygen atoms in total. The van der Waals surface area contributed by atoms with E-state index in [4.69, 9.17) is 0 Å². The summed E-state index contributed by atoms with van der Waals surface area (Å²) < 4.78 is 5.41. The quantitative estimate of drug-likeness (QED) is 0.170. The molecule has 2 aromatic heterocycles. The van der Waals surface area contributed by atoms with Crippen molar-refractivity contribution < 1.29 is 0 Å². The van der Waals surface area contributed by atoms with Crippen LogP contribution in [0.4, 0.5) is 0 Å². The Morgan fingerprint density at radius 2 is 0.870 bits per heavy atom. The minimum atomic E-state index is 1.05. The Morgan fingerprint density at radius 1 is 0.333 bits per heavy atom. The fraction of sp³-hybridized carbons (Fsp3) is 0.0385. The lowest BCUT2D eigenvalue weighted by molar-refractivity contribution is 1.12. The van der Waals surface area contributed by atoms with E-state index in [1.54, 1.807) is 0 Å². The molecule has 1 aliphatic rings. The molecule has 0 saturated heterocycles. The summed E-state index contributed by atoms with van der Waals surface area (Å²) in [5.74, 6) is 0. The number of hydrogen-bond acceptors (Lipinski definition) is 2. The molecule has 0 aliphatic heterocycles. The molecule has 0 saturated carbocycles. The van der Waals surface area contributed by atoms with Gasteiger partial charge in [0.2, 0.25) is 0 Å². The van der Waals surface area contributed by atoms with Gasteiger partial charge < -0.3 is 0 Å². The summed E-state index contributed by atoms with van der Waals surface area (Å²) in [5, 5.41) is 16.0. The van der Waals surface area contributed by atoms with Gasteiger partial charge in [-0.25, -0.2) is 0 Å². The predicted octanol–water partition coefficient (Wildman–Crippen LogP) is 14.2. The zero-order valence-electron chi connectivity index (χ0n) is 29.4. The molecule has 0 N–H and O–H groups in total. The first-order chi connectivity index (χ1) is 26.8. The molecule has 0 spiro atoms. The van der Waals surface area contributed by atoms with Crippen molar-refractivity contribution in [3.05, 3.63) is 168 Å². The summed E-state index contributed by atoms with van der Waals surface area (Å²) in [6, 6.07) is 59.1. The van der Waals surface area contributed by atoms with Gasteiger partial charge >= 0.3 is 0 Å². The van der Waals surface area contributed by atoms with E-state index < -0.39 is 0 Å². The van der Waals surface area contributed by atoms with Gasteiger partial charge in [-0.15, -0.1) is 22.7 Å². The van der Waals surface area contributed by atoms with Gasteiger partial charge in [-0.1, -0.05) is 152 Å². The summed E-state index contributed by atoms with van der Waals surface area (Å²) in [5.41, 5.74) is 7.88. The van der Waals surface area contributed by atoms with Crippen molar-refractivity contribution in [2.75, 3.05) is 0 Å². The van der Waals surface area contributed by atoms with Crippen LogP contribution < -0.4 is 10.4 Å². The Hall–Kier alpha value is -6.06. The third-order valence-corrected chi connectivity index (χ3v) is 14.1. The van der Waals surface area contributed by atoms with Crippen molar-refractivity contribution in [1.82, 2.24) is 0 Å². The molecule has 2 heteroatoms. The summed E-state index contributed by atoms with van der Waals surface area (Å²) in [6.45, 7) is 0. The van der Waals surface area contributed by atoms with Crippen LogP contribution in [0.5, 0.6) is 0 Å². The third-order valence-electron chi connectivity index (χ3n) is 11.7. The highest BCUT2D eigenvalue weighted by atomic mass is 32.1. The first kappa shape index (κ1) is 30.4. The predicted molar refractivity (Wildman–Crippen MR) is 238 cm³/mol. The van der Waals surface area contributed by atoms with Crippen LogP contribution >= 0.6 is 22.7 Å². The monoisotopic (exact) mass is 720 g/mol. The smallest absolute Gasteiger partial charge is 0.0440 e. The molecule has 12 rings (SSSR count). The van der Waals surface area contributed by atoms with E-state index in [-0.39, 0.29) is 0 Å². The van der Waals surface area contributed by atoms with Gasteiger partial charge in [0.25, 0.3) is 0 Å². The van der Waals surface area contributed by atoms with E-state index in [1.165, 1.54) is 116 Å². The normalized spacial score (nSPS) is 13.0. The van der Waals surface area contributed by atoms with E-state index in [9.17, 15) is 0 Å². The SMILES string of the molecule is C1=c2c(-c3ccccc3)c3ccccc3c(-c3ccc(-c4cc5c(ccc6c7ccccc7sc65)c5c4sc4ccccc45)c4ccccc34)c2=CCC1. The second-order valence-corrected chi connectivity index (χ2v) is 16.6. The average molecular weight is 721 g/mol. The highest BCUT2D eigenvalue weighted by molar-refractivity contribution is 7.27. The second kappa shape index (κ2) is 11.7. The van der Waals surface area contributed by atoms with Crippen LogP contribution in [0.3, 0.4) is 0 Å². The largest absolute Gasteiger partial charge is 0.135 e. The first-order valence-corrected chi connectivity index (χ1v) is 20.5. The van der Waals surface area contributed by atoms with E-state index in [0.29, 0.717) is 0 Å². The van der Waals surface area contributed by atoms with Crippen LogP contribution in [-0.4, -0.2) is 0 Å². The van der Waals surface area contributed by atoms with Crippen molar-refractivity contribution in [3.63, 3.8) is 0 Å². The van der Waals surface area contributed by atoms with Crippen LogP contribution in [0, 0.1) is 0 Å². The van der Waals surface area contributed by atoms with Gasteiger partial charge in [0.1, 0.15) is 0 Å². The fourth-order valence-corrected chi connectivity index (χ4v) is 11.9. The van der Waals surface area contributed by atoms with E-state index in [0.717, 1.165) is 12.8 Å². The van der Waals surface area contributed by atoms with Crippen LogP contribution in [0.1, 0.15) is 12.8 Å². The number of rotatable bonds is 3. The summed E-state index contributed by atoms with van der Waals surface area (Å²) in [7, 11) is 0. The average Bonchev–Trinajstić information content (AvgIpc) is 3.82. The molecule has 0 unspecified atom stereocenters. The number of fused-ring (bicyclic) bond motifs is 12. The number of hydrogen-bond donors (Lipinski definition) is 0. The Kier molecular flexibility index (Phi) is 6.60. The zero-order valence-corrected chi connectivity index (χ0v) is 31.0. The second-order valence-electron chi connectivity index (χ2n) is 14.5. The minimum absolute atomic E-state index is 1.05. The molecule has 9 aromatic carbocycles. The number of thiophene rings is 2. The van der Waals surface area contributed by atoms with Gasteiger partial charge in [-0.2, -0.15) is 0 Å². The Labute approximate surface area is 320 Å². The molecular weight excluding hydrogens is 689 g/mol. The lowest BCUT2D eigenvalue weighted by atomic mass is 9.84. The van der Waals surface area contributed by atoms with Crippen molar-refractivity contribution in [2.24, 2.45) is 0 Å². The van der Waals surface area contributed by atoms with Gasteiger partial charge in [-0.3, -0.25) is 0 Å². The molecule has 2 heterocycles. The van der Waals surface area contributed by atoms with E-state index in [1.807, 2.05) is 22.7 Å². The van der Waals surface area contributed by atoms with Gasteiger partial charge in [0.15, 0.2) is 0 Å². The fourth-order valence-electron chi connectivity index (χ4n) is 9.40. The Morgan fingerprint density at radius 3 is 1.63 bits per heavy atom. The Bertz CT molecular complexity index is 3490. The zero-order chi connectivity index (χ0) is 35.3. The van der Waals surface area contributed by atoms with Crippen molar-refractivity contribution in [1.29, 1.82) is 0 Å². The molecule has 54 heavy (non-hydrogen) atoms. The third kappa shape index (κ3) is 4.30. The molecular formula is C52H32S2. The van der Waals surface area contributed by atoms with Crippen LogP contribution in [0.15, 0.2) is 158 Å². The molecule has 0 amide bonds. The summed E-state index contributed by atoms with van der Waals surface area (Å²) >= 11 is 3.86. The van der Waals surface area contributed by atoms with Crippen molar-refractivity contribution >= 4 is 107 Å². The summed E-state index contributed by atoms with van der Waals surface area (Å²) in [6.07, 6.45) is 7.08. The van der Waals surface area contributed by atoms with Crippen LogP contribution in [0.2, 0.25) is 0 Å². The topological polar surface area (TPSA) is 0 Å². The highest BCUT2D eigenvalue weighted by Gasteiger charge is 2.22. The van der Waals surface area contributed by atoms with Gasteiger partial charge in [0.05, 0.1) is 0 Å². The Balaban J connectivity index is 1.19.